The van der Waals surface area contributed by atoms with Crippen LogP contribution in [0.5, 0.6) is 0 Å². The molecule has 31 heavy (non-hydrogen) atoms. The molecule has 0 fully saturated rings. The van der Waals surface area contributed by atoms with Gasteiger partial charge in [-0.15, -0.1) is 0 Å². The van der Waals surface area contributed by atoms with E-state index >= 15 is 0 Å². The number of carbonyl (C=O) groups excluding carboxylic acids is 1. The molecule has 1 aliphatic rings. The Morgan fingerprint density at radius 3 is 2.35 bits per heavy atom. The van der Waals surface area contributed by atoms with Crippen molar-refractivity contribution in [2.45, 2.75) is 52.1 Å². The molecule has 0 aromatic heterocycles. The van der Waals surface area contributed by atoms with Gasteiger partial charge in [-0.25, -0.2) is 4.79 Å². The predicted molar refractivity (Wildman–Crippen MR) is 124 cm³/mol. The third-order valence-corrected chi connectivity index (χ3v) is 6.58. The summed E-state index contributed by atoms with van der Waals surface area (Å²) in [6, 6.07) is 20.9. The molecule has 3 aromatic rings. The minimum absolute atomic E-state index is 0.0115. The molecule has 1 amide bonds. The minimum Gasteiger partial charge on any atom is -0.465 e. The van der Waals surface area contributed by atoms with Gasteiger partial charge in [-0.05, 0) is 34.2 Å². The minimum atomic E-state index is -0.994. The number of hydrogen-bond acceptors (Lipinski definition) is 2. The van der Waals surface area contributed by atoms with Gasteiger partial charge in [-0.1, -0.05) is 87.5 Å². The van der Waals surface area contributed by atoms with Crippen molar-refractivity contribution in [3.63, 3.8) is 0 Å². The molecule has 0 spiro atoms. The largest absolute Gasteiger partial charge is 0.465 e. The number of hydrogen-bond donors (Lipinski definition) is 1. The molecule has 0 saturated heterocycles. The lowest BCUT2D eigenvalue weighted by molar-refractivity contribution is 0.0589. The molecule has 2 unspecified atom stereocenters. The normalized spacial score (nSPS) is 19.7. The van der Waals surface area contributed by atoms with Gasteiger partial charge < -0.3 is 5.11 Å². The average molecular weight is 416 g/mol. The molecule has 160 valence electrons. The van der Waals surface area contributed by atoms with Crippen LogP contribution >= 0.6 is 0 Å². The fraction of sp³-hybridized carbons (Fsp3) is 0.333. The maximum atomic E-state index is 13.0. The molecule has 0 saturated carbocycles. The highest BCUT2D eigenvalue weighted by atomic mass is 16.4. The van der Waals surface area contributed by atoms with Crippen LogP contribution < -0.4 is 0 Å². The lowest BCUT2D eigenvalue weighted by Crippen LogP contribution is -2.50. The second-order valence-corrected chi connectivity index (χ2v) is 9.56. The van der Waals surface area contributed by atoms with Gasteiger partial charge in [0.2, 0.25) is 0 Å². The first-order valence-electron chi connectivity index (χ1n) is 10.8. The molecule has 3 atom stereocenters. The van der Waals surface area contributed by atoms with Gasteiger partial charge in [0, 0.05) is 17.9 Å². The first-order chi connectivity index (χ1) is 14.7. The smallest absolute Gasteiger partial charge is 0.408 e. The topological polar surface area (TPSA) is 57.6 Å². The van der Waals surface area contributed by atoms with Crippen LogP contribution in [-0.2, 0) is 0 Å². The van der Waals surface area contributed by atoms with E-state index in [1.807, 2.05) is 73.7 Å². The van der Waals surface area contributed by atoms with Crippen LogP contribution in [0.3, 0.4) is 0 Å². The number of fused-ring (bicyclic) bond motifs is 2. The second kappa shape index (κ2) is 7.84. The number of amides is 1. The monoisotopic (exact) mass is 415 g/mol. The maximum absolute atomic E-state index is 13.0. The van der Waals surface area contributed by atoms with E-state index in [-0.39, 0.29) is 23.5 Å². The number of carboxylic acid groups (broad SMARTS) is 1. The molecule has 1 N–H and O–H groups in total. The van der Waals surface area contributed by atoms with Gasteiger partial charge in [0.25, 0.3) is 0 Å². The van der Waals surface area contributed by atoms with Crippen LogP contribution in [0, 0.1) is 5.41 Å². The van der Waals surface area contributed by atoms with Crippen LogP contribution in [0.2, 0.25) is 0 Å². The third kappa shape index (κ3) is 3.71. The van der Waals surface area contributed by atoms with Crippen LogP contribution in [0.4, 0.5) is 4.79 Å². The third-order valence-electron chi connectivity index (χ3n) is 6.58. The summed E-state index contributed by atoms with van der Waals surface area (Å²) in [6.07, 6.45) is -0.799. The summed E-state index contributed by atoms with van der Waals surface area (Å²) >= 11 is 0. The van der Waals surface area contributed by atoms with Gasteiger partial charge in [-0.3, -0.25) is 9.69 Å². The highest BCUT2D eigenvalue weighted by molar-refractivity contribution is 5.99. The van der Waals surface area contributed by atoms with E-state index in [1.54, 1.807) is 0 Å². The van der Waals surface area contributed by atoms with Crippen LogP contribution in [-0.4, -0.2) is 27.9 Å². The van der Waals surface area contributed by atoms with Crippen molar-refractivity contribution in [2.75, 3.05) is 0 Å². The van der Waals surface area contributed by atoms with Crippen molar-refractivity contribution in [1.29, 1.82) is 0 Å². The van der Waals surface area contributed by atoms with E-state index in [4.69, 9.17) is 0 Å². The molecule has 0 radical (unpaired) electrons. The summed E-state index contributed by atoms with van der Waals surface area (Å²) in [5, 5.41) is 12.5. The first kappa shape index (κ1) is 21.1. The van der Waals surface area contributed by atoms with Crippen LogP contribution in [0.1, 0.15) is 67.6 Å². The Balaban J connectivity index is 1.85. The van der Waals surface area contributed by atoms with Gasteiger partial charge in [0.15, 0.2) is 5.78 Å². The van der Waals surface area contributed by atoms with Gasteiger partial charge in [0.05, 0.1) is 12.1 Å². The second-order valence-electron chi connectivity index (χ2n) is 9.56. The van der Waals surface area contributed by atoms with Crippen LogP contribution in [0.25, 0.3) is 10.8 Å². The lowest BCUT2D eigenvalue weighted by Gasteiger charge is -2.47. The molecule has 0 aliphatic heterocycles. The zero-order valence-corrected chi connectivity index (χ0v) is 18.5. The zero-order chi connectivity index (χ0) is 22.3. The fourth-order valence-corrected chi connectivity index (χ4v) is 5.31. The number of nitrogens with zero attached hydrogens (tertiary/aromatic N) is 1. The van der Waals surface area contributed by atoms with E-state index in [9.17, 15) is 14.7 Å². The Hall–Kier alpha value is -3.14. The van der Waals surface area contributed by atoms with Crippen LogP contribution in [0.15, 0.2) is 66.7 Å². The molecule has 0 heterocycles. The average Bonchev–Trinajstić information content (AvgIpc) is 2.72. The number of benzene rings is 3. The molecular formula is C27H29NO3. The van der Waals surface area contributed by atoms with Crippen molar-refractivity contribution >= 4 is 22.6 Å². The maximum Gasteiger partial charge on any atom is 0.408 e. The van der Waals surface area contributed by atoms with E-state index in [0.29, 0.717) is 0 Å². The van der Waals surface area contributed by atoms with Crippen molar-refractivity contribution in [3.8, 4) is 0 Å². The number of rotatable bonds is 3. The molecular weight excluding hydrogens is 386 g/mol. The summed E-state index contributed by atoms with van der Waals surface area (Å²) in [7, 11) is 0. The Morgan fingerprint density at radius 1 is 1.00 bits per heavy atom. The van der Waals surface area contributed by atoms with Crippen molar-refractivity contribution < 1.29 is 14.7 Å². The van der Waals surface area contributed by atoms with E-state index in [0.717, 1.165) is 27.5 Å². The quantitative estimate of drug-likeness (QED) is 0.520. The SMILES string of the molecule is C[C@H](c1cccc2ccccc12)N(C(=O)O)C1CC(=O)c2ccccc2C1C(C)(C)C. The van der Waals surface area contributed by atoms with E-state index in [1.165, 1.54) is 4.90 Å². The van der Waals surface area contributed by atoms with Crippen molar-refractivity contribution in [3.05, 3.63) is 83.4 Å². The molecule has 1 aliphatic carbocycles. The van der Waals surface area contributed by atoms with Gasteiger partial charge in [-0.2, -0.15) is 0 Å². The Morgan fingerprint density at radius 2 is 1.65 bits per heavy atom. The van der Waals surface area contributed by atoms with Crippen molar-refractivity contribution in [2.24, 2.45) is 5.41 Å². The molecule has 4 heteroatoms. The number of ketones is 1. The summed E-state index contributed by atoms with van der Waals surface area (Å²) < 4.78 is 0. The Kier molecular flexibility index (Phi) is 5.34. The standard InChI is InChI=1S/C27H29NO3/c1-17(19-15-9-11-18-10-5-6-12-20(18)19)28(26(30)31)23-16-24(29)21-13-7-8-14-22(21)25(23)27(2,3)4/h5-15,17,23,25H,16H2,1-4H3,(H,30,31)/t17-,23?,25?/m1/s1. The van der Waals surface area contributed by atoms with Gasteiger partial charge in [0.1, 0.15) is 0 Å². The number of Topliss-reactive ketones (excluding diaryl/α,β-unsaturated/α-hetero) is 1. The summed E-state index contributed by atoms with van der Waals surface area (Å²) in [5.74, 6) is -0.0765. The Labute approximate surface area is 183 Å². The predicted octanol–water partition coefficient (Wildman–Crippen LogP) is 6.67. The summed E-state index contributed by atoms with van der Waals surface area (Å²) in [6.45, 7) is 8.31. The van der Waals surface area contributed by atoms with E-state index in [2.05, 4.69) is 20.8 Å². The molecule has 4 rings (SSSR count). The Bertz CT molecular complexity index is 1140. The molecule has 3 aromatic carbocycles. The van der Waals surface area contributed by atoms with Crippen molar-refractivity contribution in [1.82, 2.24) is 4.90 Å². The highest BCUT2D eigenvalue weighted by Gasteiger charge is 2.46. The number of carbonyl (C=O) groups is 2. The fourth-order valence-electron chi connectivity index (χ4n) is 5.31. The summed E-state index contributed by atoms with van der Waals surface area (Å²) in [5.41, 5.74) is 2.42. The highest BCUT2D eigenvalue weighted by Crippen LogP contribution is 2.47. The van der Waals surface area contributed by atoms with Gasteiger partial charge >= 0.3 is 6.09 Å². The summed E-state index contributed by atoms with van der Waals surface area (Å²) in [4.78, 5) is 27.2. The molecule has 0 bridgehead atoms. The molecule has 4 nitrogen and oxygen atoms in total. The zero-order valence-electron chi connectivity index (χ0n) is 18.5. The van der Waals surface area contributed by atoms with E-state index < -0.39 is 18.2 Å². The lowest BCUT2D eigenvalue weighted by atomic mass is 9.65. The first-order valence-corrected chi connectivity index (χ1v) is 10.8.